The van der Waals surface area contributed by atoms with E-state index in [1.165, 1.54) is 44.9 Å². The number of hydrogen-bond donors (Lipinski definition) is 1. The fraction of sp³-hybridized carbons (Fsp3) is 0.636. The summed E-state index contributed by atoms with van der Waals surface area (Å²) in [6, 6.07) is 8.46. The number of rotatable bonds is 2. The Morgan fingerprint density at radius 3 is 2.42 bits per heavy atom. The number of para-hydroxylation sites is 1. The standard InChI is InChI=1S/C33H44N2O3/c36-31-18-8-4-5-12-24(13-11-19-34-31)22-35-29-17-10-9-16-27(29)33(32(35)37)23-38-30-21-26-15-7-3-1-2-6-14-25(26)20-28(30)33/h9-10,16-17,20-21,24-26H,1-8,11-15,18-19,22-23H2,(H,34,36). The van der Waals surface area contributed by atoms with Gasteiger partial charge in [-0.1, -0.05) is 69.2 Å². The number of allylic oxidation sites excluding steroid dienone is 3. The molecule has 4 atom stereocenters. The number of nitrogens with one attached hydrogen (secondary N) is 1. The van der Waals surface area contributed by atoms with Crippen molar-refractivity contribution in [2.75, 3.05) is 24.6 Å². The maximum atomic E-state index is 14.5. The summed E-state index contributed by atoms with van der Waals surface area (Å²) in [7, 11) is 0. The number of benzene rings is 1. The van der Waals surface area contributed by atoms with Crippen LogP contribution in [0.4, 0.5) is 5.69 Å². The molecule has 38 heavy (non-hydrogen) atoms. The lowest BCUT2D eigenvalue weighted by molar-refractivity contribution is -0.122. The number of hydrogen-bond acceptors (Lipinski definition) is 3. The molecule has 0 radical (unpaired) electrons. The van der Waals surface area contributed by atoms with Crippen LogP contribution in [0.1, 0.15) is 95.5 Å². The lowest BCUT2D eigenvalue weighted by atomic mass is 9.70. The molecule has 4 unspecified atom stereocenters. The summed E-state index contributed by atoms with van der Waals surface area (Å²) in [6.45, 7) is 1.91. The molecule has 0 bridgehead atoms. The van der Waals surface area contributed by atoms with Crippen molar-refractivity contribution in [3.8, 4) is 0 Å². The van der Waals surface area contributed by atoms with Crippen molar-refractivity contribution in [3.05, 3.63) is 53.3 Å². The summed E-state index contributed by atoms with van der Waals surface area (Å²) in [6.07, 6.45) is 20.8. The molecule has 3 heterocycles. The molecule has 5 nitrogen and oxygen atoms in total. The zero-order chi connectivity index (χ0) is 26.0. The highest BCUT2D eigenvalue weighted by atomic mass is 16.5. The van der Waals surface area contributed by atoms with E-state index in [2.05, 4.69) is 46.6 Å². The lowest BCUT2D eigenvalue weighted by Crippen LogP contribution is -2.44. The van der Waals surface area contributed by atoms with Crippen LogP contribution in [-0.2, 0) is 19.7 Å². The van der Waals surface area contributed by atoms with Crippen molar-refractivity contribution in [3.63, 3.8) is 0 Å². The van der Waals surface area contributed by atoms with Crippen LogP contribution in [0.3, 0.4) is 0 Å². The predicted octanol–water partition coefficient (Wildman–Crippen LogP) is 6.58. The van der Waals surface area contributed by atoms with Gasteiger partial charge in [-0.15, -0.1) is 0 Å². The number of nitrogens with zero attached hydrogens (tertiary/aromatic N) is 1. The van der Waals surface area contributed by atoms with Gasteiger partial charge in [0.05, 0.1) is 0 Å². The largest absolute Gasteiger partial charge is 0.492 e. The van der Waals surface area contributed by atoms with Crippen LogP contribution in [0.2, 0.25) is 0 Å². The molecule has 204 valence electrons. The minimum absolute atomic E-state index is 0.182. The monoisotopic (exact) mass is 516 g/mol. The third kappa shape index (κ3) is 4.82. The van der Waals surface area contributed by atoms with Crippen molar-refractivity contribution in [1.82, 2.24) is 5.32 Å². The summed E-state index contributed by atoms with van der Waals surface area (Å²) < 4.78 is 6.41. The third-order valence-electron chi connectivity index (χ3n) is 9.87. The van der Waals surface area contributed by atoms with Crippen LogP contribution in [0, 0.1) is 17.8 Å². The van der Waals surface area contributed by atoms with Crippen molar-refractivity contribution >= 4 is 17.5 Å². The first-order chi connectivity index (χ1) is 18.7. The number of ether oxygens (including phenoxy) is 1. The average molecular weight is 517 g/mol. The molecule has 6 rings (SSSR count). The van der Waals surface area contributed by atoms with Crippen LogP contribution in [-0.4, -0.2) is 31.5 Å². The Hall–Kier alpha value is -2.56. The lowest BCUT2D eigenvalue weighted by Gasteiger charge is -2.30. The van der Waals surface area contributed by atoms with E-state index in [0.717, 1.165) is 74.2 Å². The number of fused-ring (bicyclic) bond motifs is 5. The summed E-state index contributed by atoms with van der Waals surface area (Å²) in [4.78, 5) is 28.6. The molecule has 1 spiro atoms. The van der Waals surface area contributed by atoms with Crippen LogP contribution in [0.5, 0.6) is 0 Å². The number of anilines is 1. The molecule has 1 N–H and O–H groups in total. The molecule has 3 fully saturated rings. The molecule has 2 saturated heterocycles. The van der Waals surface area contributed by atoms with Crippen LogP contribution in [0.15, 0.2) is 47.7 Å². The highest BCUT2D eigenvalue weighted by Crippen LogP contribution is 2.55. The van der Waals surface area contributed by atoms with Gasteiger partial charge < -0.3 is 15.0 Å². The molecular weight excluding hydrogens is 472 g/mol. The fourth-order valence-electron chi connectivity index (χ4n) is 7.75. The average Bonchev–Trinajstić information content (AvgIpc) is 3.43. The number of carbonyl (C=O) groups excluding carboxylic acids is 2. The third-order valence-corrected chi connectivity index (χ3v) is 9.87. The minimum atomic E-state index is -0.701. The van der Waals surface area contributed by atoms with Gasteiger partial charge in [0.2, 0.25) is 11.8 Å². The van der Waals surface area contributed by atoms with E-state index in [1.54, 1.807) is 0 Å². The first-order valence-electron chi connectivity index (χ1n) is 15.4. The Kier molecular flexibility index (Phi) is 7.63. The van der Waals surface area contributed by atoms with Crippen LogP contribution in [0.25, 0.3) is 0 Å². The SMILES string of the molecule is O=C1CCCCCC(CN2C(=O)C3(COC4=CC5CCCCCCCC5C=C43)c3ccccc32)CCCN1. The van der Waals surface area contributed by atoms with Gasteiger partial charge in [0, 0.05) is 30.8 Å². The molecule has 3 aliphatic heterocycles. The molecule has 2 amide bonds. The summed E-state index contributed by atoms with van der Waals surface area (Å²) in [5.74, 6) is 2.85. The van der Waals surface area contributed by atoms with E-state index in [0.29, 0.717) is 30.8 Å². The Morgan fingerprint density at radius 2 is 1.55 bits per heavy atom. The maximum Gasteiger partial charge on any atom is 0.245 e. The Morgan fingerprint density at radius 1 is 0.842 bits per heavy atom. The van der Waals surface area contributed by atoms with Gasteiger partial charge in [-0.3, -0.25) is 9.59 Å². The first-order valence-corrected chi connectivity index (χ1v) is 15.4. The first kappa shape index (κ1) is 25.7. The number of carbonyl (C=O) groups is 2. The van der Waals surface area contributed by atoms with E-state index < -0.39 is 5.41 Å². The highest BCUT2D eigenvalue weighted by molar-refractivity contribution is 6.11. The van der Waals surface area contributed by atoms with Crippen LogP contribution >= 0.6 is 0 Å². The summed E-state index contributed by atoms with van der Waals surface area (Å²) >= 11 is 0. The second-order valence-corrected chi connectivity index (χ2v) is 12.4. The Balaban J connectivity index is 1.28. The van der Waals surface area contributed by atoms with Gasteiger partial charge in [0.1, 0.15) is 17.8 Å². The Labute approximate surface area is 228 Å². The minimum Gasteiger partial charge on any atom is -0.492 e. The second-order valence-electron chi connectivity index (χ2n) is 12.4. The van der Waals surface area contributed by atoms with Gasteiger partial charge in [0.15, 0.2) is 0 Å². The molecule has 1 saturated carbocycles. The molecule has 2 aliphatic carbocycles. The maximum absolute atomic E-state index is 14.5. The van der Waals surface area contributed by atoms with Crippen molar-refractivity contribution in [2.45, 2.75) is 95.3 Å². The molecule has 5 heteroatoms. The van der Waals surface area contributed by atoms with Gasteiger partial charge in [0.25, 0.3) is 0 Å². The topological polar surface area (TPSA) is 58.6 Å². The summed E-state index contributed by atoms with van der Waals surface area (Å²) in [5, 5.41) is 3.07. The van der Waals surface area contributed by atoms with Crippen molar-refractivity contribution < 1.29 is 14.3 Å². The zero-order valence-corrected chi connectivity index (χ0v) is 22.9. The highest BCUT2D eigenvalue weighted by Gasteiger charge is 2.59. The predicted molar refractivity (Wildman–Crippen MR) is 151 cm³/mol. The van der Waals surface area contributed by atoms with Gasteiger partial charge in [-0.25, -0.2) is 0 Å². The van der Waals surface area contributed by atoms with Gasteiger partial charge >= 0.3 is 0 Å². The van der Waals surface area contributed by atoms with Gasteiger partial charge in [-0.05, 0) is 74.0 Å². The van der Waals surface area contributed by atoms with Crippen molar-refractivity contribution in [2.24, 2.45) is 17.8 Å². The molecule has 0 aromatic heterocycles. The van der Waals surface area contributed by atoms with Crippen molar-refractivity contribution in [1.29, 1.82) is 0 Å². The number of amides is 2. The summed E-state index contributed by atoms with van der Waals surface area (Å²) in [5.41, 5.74) is 2.64. The molecule has 1 aromatic rings. The molecule has 5 aliphatic rings. The zero-order valence-electron chi connectivity index (χ0n) is 22.9. The normalized spacial score (nSPS) is 32.3. The van der Waals surface area contributed by atoms with Gasteiger partial charge in [-0.2, -0.15) is 0 Å². The molecular formula is C33H44N2O3. The van der Waals surface area contributed by atoms with E-state index in [9.17, 15) is 9.59 Å². The van der Waals surface area contributed by atoms with E-state index in [4.69, 9.17) is 4.74 Å². The Bertz CT molecular complexity index is 1110. The quantitative estimate of drug-likeness (QED) is 0.483. The fourth-order valence-corrected chi connectivity index (χ4v) is 7.75. The smallest absolute Gasteiger partial charge is 0.245 e. The second kappa shape index (κ2) is 11.3. The van der Waals surface area contributed by atoms with E-state index >= 15 is 0 Å². The van der Waals surface area contributed by atoms with Crippen LogP contribution < -0.4 is 10.2 Å². The molecule has 1 aromatic carbocycles. The van der Waals surface area contributed by atoms with E-state index in [1.807, 2.05) is 0 Å². The van der Waals surface area contributed by atoms with E-state index in [-0.39, 0.29) is 11.8 Å².